The molecule has 2 aromatic carbocycles. The average molecular weight is 305 g/mol. The molecule has 0 aliphatic rings. The number of ether oxygens (including phenoxy) is 1. The molecule has 0 radical (unpaired) electrons. The van der Waals surface area contributed by atoms with Crippen LogP contribution in [-0.4, -0.2) is 15.0 Å². The van der Waals surface area contributed by atoms with Crippen LogP contribution in [0.4, 0.5) is 5.69 Å². The zero-order valence-electron chi connectivity index (χ0n) is 12.4. The predicted octanol–water partition coefficient (Wildman–Crippen LogP) is 3.50. The van der Waals surface area contributed by atoms with Gasteiger partial charge in [0.25, 0.3) is 10.0 Å². The molecule has 21 heavy (non-hydrogen) atoms. The maximum atomic E-state index is 12.4. The summed E-state index contributed by atoms with van der Waals surface area (Å²) in [5.74, 6) is 0.730. The molecule has 5 heteroatoms. The minimum Gasteiger partial charge on any atom is -0.494 e. The summed E-state index contributed by atoms with van der Waals surface area (Å²) in [5.41, 5.74) is 2.09. The molecule has 0 bridgehead atoms. The fraction of sp³-hybridized carbons (Fsp3) is 0.250. The van der Waals surface area contributed by atoms with Crippen molar-refractivity contribution in [3.8, 4) is 5.75 Å². The van der Waals surface area contributed by atoms with E-state index in [0.29, 0.717) is 22.8 Å². The van der Waals surface area contributed by atoms with Gasteiger partial charge in [-0.25, -0.2) is 8.42 Å². The van der Waals surface area contributed by atoms with Gasteiger partial charge in [-0.1, -0.05) is 18.2 Å². The van der Waals surface area contributed by atoms with Crippen LogP contribution in [0.15, 0.2) is 47.4 Å². The van der Waals surface area contributed by atoms with Crippen molar-refractivity contribution in [3.63, 3.8) is 0 Å². The third-order valence-electron chi connectivity index (χ3n) is 3.14. The number of anilines is 1. The quantitative estimate of drug-likeness (QED) is 0.919. The first-order chi connectivity index (χ1) is 9.94. The van der Waals surface area contributed by atoms with Crippen molar-refractivity contribution in [3.05, 3.63) is 53.6 Å². The first-order valence-electron chi connectivity index (χ1n) is 6.76. The van der Waals surface area contributed by atoms with Gasteiger partial charge in [-0.2, -0.15) is 0 Å². The summed E-state index contributed by atoms with van der Waals surface area (Å²) in [5, 5.41) is 0. The minimum atomic E-state index is -3.58. The van der Waals surface area contributed by atoms with Gasteiger partial charge in [0.15, 0.2) is 0 Å². The molecule has 0 atom stereocenters. The smallest absolute Gasteiger partial charge is 0.262 e. The van der Waals surface area contributed by atoms with Crippen LogP contribution >= 0.6 is 0 Å². The largest absolute Gasteiger partial charge is 0.494 e. The summed E-state index contributed by atoms with van der Waals surface area (Å²) in [6.07, 6.45) is 0. The van der Waals surface area contributed by atoms with E-state index in [1.54, 1.807) is 37.3 Å². The third kappa shape index (κ3) is 3.55. The Bertz CT molecular complexity index is 739. The number of hydrogen-bond acceptors (Lipinski definition) is 3. The fourth-order valence-corrected chi connectivity index (χ4v) is 3.44. The van der Waals surface area contributed by atoms with Gasteiger partial charge in [-0.05, 0) is 56.2 Å². The topological polar surface area (TPSA) is 55.4 Å². The van der Waals surface area contributed by atoms with Gasteiger partial charge in [0.05, 0.1) is 17.2 Å². The molecule has 0 heterocycles. The normalized spacial score (nSPS) is 11.2. The van der Waals surface area contributed by atoms with Gasteiger partial charge >= 0.3 is 0 Å². The number of benzene rings is 2. The van der Waals surface area contributed by atoms with Crippen molar-refractivity contribution in [2.45, 2.75) is 25.7 Å². The zero-order chi connectivity index (χ0) is 15.5. The Hall–Kier alpha value is -2.01. The molecular weight excluding hydrogens is 286 g/mol. The van der Waals surface area contributed by atoms with E-state index in [1.165, 1.54) is 0 Å². The Balaban J connectivity index is 2.31. The maximum Gasteiger partial charge on any atom is 0.262 e. The van der Waals surface area contributed by atoms with E-state index in [9.17, 15) is 8.42 Å². The van der Waals surface area contributed by atoms with E-state index in [1.807, 2.05) is 26.0 Å². The Morgan fingerprint density at radius 1 is 1.05 bits per heavy atom. The van der Waals surface area contributed by atoms with Crippen molar-refractivity contribution in [2.24, 2.45) is 0 Å². The van der Waals surface area contributed by atoms with E-state index in [-0.39, 0.29) is 0 Å². The fourth-order valence-electron chi connectivity index (χ4n) is 2.06. The molecule has 2 rings (SSSR count). The lowest BCUT2D eigenvalue weighted by atomic mass is 10.2. The molecule has 112 valence electrons. The molecule has 0 aliphatic heterocycles. The second-order valence-corrected chi connectivity index (χ2v) is 6.43. The van der Waals surface area contributed by atoms with Gasteiger partial charge in [0.1, 0.15) is 5.75 Å². The van der Waals surface area contributed by atoms with Gasteiger partial charge in [0, 0.05) is 0 Å². The van der Waals surface area contributed by atoms with Crippen molar-refractivity contribution < 1.29 is 13.2 Å². The third-order valence-corrected chi connectivity index (χ3v) is 4.66. The summed E-state index contributed by atoms with van der Waals surface area (Å²) in [4.78, 5) is 0.290. The highest BCUT2D eigenvalue weighted by Gasteiger charge is 2.17. The van der Waals surface area contributed by atoms with Crippen LogP contribution in [0.25, 0.3) is 0 Å². The summed E-state index contributed by atoms with van der Waals surface area (Å²) >= 11 is 0. The standard InChI is InChI=1S/C16H19NO3S/c1-4-20-14-9-10-15(13(3)11-14)17-21(18,19)16-8-6-5-7-12(16)2/h5-11,17H,4H2,1-3H3. The molecule has 0 aromatic heterocycles. The van der Waals surface area contributed by atoms with Crippen molar-refractivity contribution in [1.82, 2.24) is 0 Å². The maximum absolute atomic E-state index is 12.4. The molecule has 0 fully saturated rings. The van der Waals surface area contributed by atoms with Gasteiger partial charge in [-0.15, -0.1) is 0 Å². The molecule has 2 aromatic rings. The monoisotopic (exact) mass is 305 g/mol. The second kappa shape index (κ2) is 6.18. The van der Waals surface area contributed by atoms with Crippen molar-refractivity contribution in [2.75, 3.05) is 11.3 Å². The number of hydrogen-bond donors (Lipinski definition) is 1. The van der Waals surface area contributed by atoms with E-state index < -0.39 is 10.0 Å². The van der Waals surface area contributed by atoms with Gasteiger partial charge in [-0.3, -0.25) is 4.72 Å². The predicted molar refractivity (Wildman–Crippen MR) is 84.3 cm³/mol. The van der Waals surface area contributed by atoms with Crippen molar-refractivity contribution >= 4 is 15.7 Å². The Kier molecular flexibility index (Phi) is 4.53. The van der Waals surface area contributed by atoms with Crippen LogP contribution in [0.5, 0.6) is 5.75 Å². The van der Waals surface area contributed by atoms with E-state index in [4.69, 9.17) is 4.74 Å². The number of sulfonamides is 1. The van der Waals surface area contributed by atoms with Gasteiger partial charge < -0.3 is 4.74 Å². The van der Waals surface area contributed by atoms with Crippen LogP contribution in [-0.2, 0) is 10.0 Å². The molecule has 0 amide bonds. The van der Waals surface area contributed by atoms with Crippen LogP contribution in [0.1, 0.15) is 18.1 Å². The molecule has 4 nitrogen and oxygen atoms in total. The summed E-state index contributed by atoms with van der Waals surface area (Å²) in [6.45, 7) is 6.11. The summed E-state index contributed by atoms with van der Waals surface area (Å²) in [7, 11) is -3.58. The number of nitrogens with one attached hydrogen (secondary N) is 1. The van der Waals surface area contributed by atoms with Crippen LogP contribution in [0, 0.1) is 13.8 Å². The lowest BCUT2D eigenvalue weighted by molar-refractivity contribution is 0.340. The van der Waals surface area contributed by atoms with Gasteiger partial charge in [0.2, 0.25) is 0 Å². The Morgan fingerprint density at radius 3 is 2.38 bits per heavy atom. The highest BCUT2D eigenvalue weighted by molar-refractivity contribution is 7.92. The SMILES string of the molecule is CCOc1ccc(NS(=O)(=O)c2ccccc2C)c(C)c1. The Labute approximate surface area is 125 Å². The van der Waals surface area contributed by atoms with Crippen molar-refractivity contribution in [1.29, 1.82) is 0 Å². The van der Waals surface area contributed by atoms with E-state index in [2.05, 4.69) is 4.72 Å². The summed E-state index contributed by atoms with van der Waals surface area (Å²) in [6, 6.07) is 12.2. The molecule has 0 spiro atoms. The first-order valence-corrected chi connectivity index (χ1v) is 8.24. The minimum absolute atomic E-state index is 0.290. The lowest BCUT2D eigenvalue weighted by Gasteiger charge is -2.13. The highest BCUT2D eigenvalue weighted by Crippen LogP contribution is 2.25. The number of rotatable bonds is 5. The molecule has 1 N–H and O–H groups in total. The first kappa shape index (κ1) is 15.4. The summed E-state index contributed by atoms with van der Waals surface area (Å²) < 4.78 is 32.9. The lowest BCUT2D eigenvalue weighted by Crippen LogP contribution is -2.15. The van der Waals surface area contributed by atoms with E-state index in [0.717, 1.165) is 11.3 Å². The van der Waals surface area contributed by atoms with E-state index >= 15 is 0 Å². The Morgan fingerprint density at radius 2 is 1.76 bits per heavy atom. The van der Waals surface area contributed by atoms with Crippen LogP contribution in [0.3, 0.4) is 0 Å². The molecule has 0 saturated heterocycles. The van der Waals surface area contributed by atoms with Crippen LogP contribution in [0.2, 0.25) is 0 Å². The number of aryl methyl sites for hydroxylation is 2. The second-order valence-electron chi connectivity index (χ2n) is 4.78. The molecular formula is C16H19NO3S. The molecule has 0 unspecified atom stereocenters. The zero-order valence-corrected chi connectivity index (χ0v) is 13.2. The molecule has 0 aliphatic carbocycles. The molecule has 0 saturated carbocycles. The highest BCUT2D eigenvalue weighted by atomic mass is 32.2. The van der Waals surface area contributed by atoms with Crippen LogP contribution < -0.4 is 9.46 Å². The average Bonchev–Trinajstić information content (AvgIpc) is 2.42.